The summed E-state index contributed by atoms with van der Waals surface area (Å²) in [6.07, 6.45) is 0. The predicted molar refractivity (Wildman–Crippen MR) is 62.4 cm³/mol. The number of carbonyl (C=O) groups excluding carboxylic acids is 2. The van der Waals surface area contributed by atoms with Crippen LogP contribution in [0.1, 0.15) is 24.3 Å². The Morgan fingerprint density at radius 1 is 1.50 bits per heavy atom. The van der Waals surface area contributed by atoms with Crippen LogP contribution in [0.4, 0.5) is 0 Å². The molecule has 0 radical (unpaired) electrons. The monoisotopic (exact) mass is 241 g/mol. The highest BCUT2D eigenvalue weighted by Gasteiger charge is 2.18. The molecule has 0 spiro atoms. The van der Waals surface area contributed by atoms with Gasteiger partial charge in [-0.05, 0) is 13.8 Å². The Morgan fingerprint density at radius 3 is 2.75 bits per heavy atom. The van der Waals surface area contributed by atoms with E-state index in [1.807, 2.05) is 13.8 Å². The first-order valence-electron chi connectivity index (χ1n) is 5.13. The Kier molecular flexibility index (Phi) is 4.91. The number of amides is 2. The zero-order valence-corrected chi connectivity index (χ0v) is 10.2. The third-order valence-corrected chi connectivity index (χ3v) is 2.62. The van der Waals surface area contributed by atoms with Crippen molar-refractivity contribution in [1.82, 2.24) is 15.2 Å². The lowest BCUT2D eigenvalue weighted by Gasteiger charge is -2.18. The third-order valence-electron chi connectivity index (χ3n) is 2.03. The van der Waals surface area contributed by atoms with Crippen LogP contribution in [0, 0.1) is 0 Å². The molecule has 5 nitrogen and oxygen atoms in total. The second-order valence-corrected chi connectivity index (χ2v) is 3.87. The Morgan fingerprint density at radius 2 is 2.25 bits per heavy atom. The fourth-order valence-corrected chi connectivity index (χ4v) is 1.76. The molecule has 0 fully saturated rings. The molecule has 1 aromatic heterocycles. The molecule has 1 heterocycles. The second-order valence-electron chi connectivity index (χ2n) is 3.15. The lowest BCUT2D eigenvalue weighted by Crippen LogP contribution is -2.40. The van der Waals surface area contributed by atoms with Gasteiger partial charge in [-0.1, -0.05) is 0 Å². The highest BCUT2D eigenvalue weighted by molar-refractivity contribution is 7.07. The normalized spacial score (nSPS) is 9.88. The molecule has 0 unspecified atom stereocenters. The zero-order valence-electron chi connectivity index (χ0n) is 9.40. The van der Waals surface area contributed by atoms with E-state index >= 15 is 0 Å². The Bertz CT molecular complexity index is 351. The van der Waals surface area contributed by atoms with Crippen molar-refractivity contribution in [3.05, 3.63) is 16.6 Å². The topological polar surface area (TPSA) is 62.3 Å². The molecule has 16 heavy (non-hydrogen) atoms. The van der Waals surface area contributed by atoms with Gasteiger partial charge in [0, 0.05) is 18.5 Å². The van der Waals surface area contributed by atoms with Crippen LogP contribution in [0.2, 0.25) is 0 Å². The molecule has 0 atom stereocenters. The smallest absolute Gasteiger partial charge is 0.273 e. The molecule has 0 saturated heterocycles. The summed E-state index contributed by atoms with van der Waals surface area (Å²) in [6, 6.07) is 0. The van der Waals surface area contributed by atoms with Gasteiger partial charge in [0.05, 0.1) is 12.1 Å². The van der Waals surface area contributed by atoms with Gasteiger partial charge < -0.3 is 10.2 Å². The summed E-state index contributed by atoms with van der Waals surface area (Å²) in [5, 5.41) is 4.34. The van der Waals surface area contributed by atoms with Gasteiger partial charge in [-0.25, -0.2) is 4.98 Å². The van der Waals surface area contributed by atoms with Crippen LogP contribution in [0.25, 0.3) is 0 Å². The summed E-state index contributed by atoms with van der Waals surface area (Å²) >= 11 is 1.37. The Labute approximate surface area is 98.5 Å². The van der Waals surface area contributed by atoms with Gasteiger partial charge >= 0.3 is 0 Å². The Hall–Kier alpha value is -1.43. The number of hydrogen-bond acceptors (Lipinski definition) is 4. The lowest BCUT2D eigenvalue weighted by atomic mass is 10.3. The van der Waals surface area contributed by atoms with Crippen LogP contribution in [-0.4, -0.2) is 41.3 Å². The average Bonchev–Trinajstić information content (AvgIpc) is 2.78. The van der Waals surface area contributed by atoms with Crippen LogP contribution in [0.15, 0.2) is 10.9 Å². The maximum absolute atomic E-state index is 11.9. The summed E-state index contributed by atoms with van der Waals surface area (Å²) in [5.41, 5.74) is 2.00. The minimum absolute atomic E-state index is 0.0840. The summed E-state index contributed by atoms with van der Waals surface area (Å²) < 4.78 is 0. The van der Waals surface area contributed by atoms with Crippen LogP contribution in [0.5, 0.6) is 0 Å². The lowest BCUT2D eigenvalue weighted by molar-refractivity contribution is -0.121. The first kappa shape index (κ1) is 12.6. The maximum atomic E-state index is 11.9. The molecule has 1 N–H and O–H groups in total. The van der Waals surface area contributed by atoms with Gasteiger partial charge in [-0.2, -0.15) is 0 Å². The van der Waals surface area contributed by atoms with Crippen molar-refractivity contribution in [2.24, 2.45) is 0 Å². The van der Waals surface area contributed by atoms with Gasteiger partial charge in [0.15, 0.2) is 0 Å². The standard InChI is InChI=1S/C10H15N3O2S/c1-3-11-9(14)5-13(4-2)10(15)8-6-16-7-12-8/h6-7H,3-5H2,1-2H3,(H,11,14). The van der Waals surface area contributed by atoms with E-state index in [-0.39, 0.29) is 18.4 Å². The molecule has 0 aliphatic carbocycles. The minimum atomic E-state index is -0.199. The number of likely N-dealkylation sites (N-methyl/N-ethyl adjacent to an activating group) is 2. The van der Waals surface area contributed by atoms with Crippen molar-refractivity contribution in [2.45, 2.75) is 13.8 Å². The van der Waals surface area contributed by atoms with Crippen LogP contribution in [0.3, 0.4) is 0 Å². The molecule has 1 aromatic rings. The van der Waals surface area contributed by atoms with Crippen molar-refractivity contribution >= 4 is 23.2 Å². The predicted octanol–water partition coefficient (Wildman–Crippen LogP) is 0.741. The van der Waals surface area contributed by atoms with Crippen molar-refractivity contribution in [3.8, 4) is 0 Å². The van der Waals surface area contributed by atoms with Crippen LogP contribution in [-0.2, 0) is 4.79 Å². The van der Waals surface area contributed by atoms with E-state index in [1.54, 1.807) is 10.9 Å². The van der Waals surface area contributed by atoms with Gasteiger partial charge in [0.1, 0.15) is 5.69 Å². The first-order valence-corrected chi connectivity index (χ1v) is 6.07. The van der Waals surface area contributed by atoms with E-state index in [0.717, 1.165) is 0 Å². The third kappa shape index (κ3) is 3.30. The van der Waals surface area contributed by atoms with Crippen molar-refractivity contribution in [3.63, 3.8) is 0 Å². The average molecular weight is 241 g/mol. The molecule has 0 aliphatic heterocycles. The molecule has 1 rings (SSSR count). The SMILES string of the molecule is CCNC(=O)CN(CC)C(=O)c1cscn1. The van der Waals surface area contributed by atoms with Crippen molar-refractivity contribution in [1.29, 1.82) is 0 Å². The van der Waals surface area contributed by atoms with Gasteiger partial charge in [-0.3, -0.25) is 9.59 Å². The molecular weight excluding hydrogens is 226 g/mol. The quantitative estimate of drug-likeness (QED) is 0.827. The molecule has 6 heteroatoms. The van der Waals surface area contributed by atoms with Gasteiger partial charge in [-0.15, -0.1) is 11.3 Å². The van der Waals surface area contributed by atoms with Gasteiger partial charge in [0.2, 0.25) is 5.91 Å². The van der Waals surface area contributed by atoms with Crippen LogP contribution >= 0.6 is 11.3 Å². The van der Waals surface area contributed by atoms with E-state index in [9.17, 15) is 9.59 Å². The largest absolute Gasteiger partial charge is 0.355 e. The number of hydrogen-bond donors (Lipinski definition) is 1. The highest BCUT2D eigenvalue weighted by atomic mass is 32.1. The molecule has 0 bridgehead atoms. The molecular formula is C10H15N3O2S. The maximum Gasteiger partial charge on any atom is 0.273 e. The number of rotatable bonds is 5. The molecule has 0 aromatic carbocycles. The molecule has 2 amide bonds. The van der Waals surface area contributed by atoms with E-state index < -0.39 is 0 Å². The zero-order chi connectivity index (χ0) is 12.0. The van der Waals surface area contributed by atoms with Crippen molar-refractivity contribution in [2.75, 3.05) is 19.6 Å². The fraction of sp³-hybridized carbons (Fsp3) is 0.500. The fourth-order valence-electron chi connectivity index (χ4n) is 1.23. The highest BCUT2D eigenvalue weighted by Crippen LogP contribution is 2.05. The number of carbonyl (C=O) groups is 2. The molecule has 0 aliphatic rings. The van der Waals surface area contributed by atoms with E-state index in [0.29, 0.717) is 18.8 Å². The van der Waals surface area contributed by atoms with Crippen LogP contribution < -0.4 is 5.32 Å². The second kappa shape index (κ2) is 6.22. The number of thiazole rings is 1. The number of nitrogens with one attached hydrogen (secondary N) is 1. The summed E-state index contributed by atoms with van der Waals surface area (Å²) in [7, 11) is 0. The summed E-state index contributed by atoms with van der Waals surface area (Å²) in [6.45, 7) is 4.83. The van der Waals surface area contributed by atoms with Gasteiger partial charge in [0.25, 0.3) is 5.91 Å². The first-order chi connectivity index (χ1) is 7.69. The van der Waals surface area contributed by atoms with E-state index in [1.165, 1.54) is 16.2 Å². The molecule has 0 saturated carbocycles. The number of nitrogens with zero attached hydrogens (tertiary/aromatic N) is 2. The minimum Gasteiger partial charge on any atom is -0.355 e. The summed E-state index contributed by atoms with van der Waals surface area (Å²) in [4.78, 5) is 28.6. The molecule has 88 valence electrons. The van der Waals surface area contributed by atoms with E-state index in [2.05, 4.69) is 10.3 Å². The number of aromatic nitrogens is 1. The van der Waals surface area contributed by atoms with Crippen molar-refractivity contribution < 1.29 is 9.59 Å². The Balaban J connectivity index is 2.61. The summed E-state index contributed by atoms with van der Waals surface area (Å²) in [5.74, 6) is -0.345. The van der Waals surface area contributed by atoms with E-state index in [4.69, 9.17) is 0 Å².